The van der Waals surface area contributed by atoms with Crippen LogP contribution < -0.4 is 14.0 Å². The van der Waals surface area contributed by atoms with Crippen LogP contribution in [0, 0.1) is 0 Å². The van der Waals surface area contributed by atoms with Crippen molar-refractivity contribution < 1.29 is 97.5 Å². The van der Waals surface area contributed by atoms with Gasteiger partial charge in [-0.25, -0.2) is 0 Å². The molecule has 0 aliphatic rings. The van der Waals surface area contributed by atoms with E-state index in [0.29, 0.717) is 12.8 Å². The fourth-order valence-electron chi connectivity index (χ4n) is 8.59. The van der Waals surface area contributed by atoms with E-state index >= 15 is 13.2 Å². The van der Waals surface area contributed by atoms with E-state index in [-0.39, 0.29) is 73.4 Å². The molecule has 0 fully saturated rings. The number of hydrogen-bond acceptors (Lipinski definition) is 3. The quantitative estimate of drug-likeness (QED) is 0.0330. The van der Waals surface area contributed by atoms with E-state index in [0.717, 1.165) is 51.4 Å². The highest BCUT2D eigenvalue weighted by molar-refractivity contribution is 6.39. The number of rotatable bonds is 27. The topological polar surface area (TPSA) is 27.7 Å². The van der Waals surface area contributed by atoms with Crippen LogP contribution in [0.25, 0.3) is 0 Å². The zero-order valence-corrected chi connectivity index (χ0v) is 39.7. The van der Waals surface area contributed by atoms with Crippen LogP contribution in [0.1, 0.15) is 175 Å². The van der Waals surface area contributed by atoms with Crippen LogP contribution >= 0.6 is 0 Å². The first-order valence-electron chi connectivity index (χ1n) is 23.6. The molecule has 1 atom stereocenters. The van der Waals surface area contributed by atoms with Crippen molar-refractivity contribution in [3.8, 4) is 17.2 Å². The molecule has 0 radical (unpaired) electrons. The van der Waals surface area contributed by atoms with Gasteiger partial charge in [0.05, 0.1) is 58.6 Å². The minimum Gasteiger partial charge on any atom is -0.490 e. The fraction of sp³-hybridized carbons (Fsp3) is 0.625. The molecule has 0 spiro atoms. The van der Waals surface area contributed by atoms with E-state index < -0.39 is 119 Å². The van der Waals surface area contributed by atoms with Crippen LogP contribution in [0.2, 0.25) is 0 Å². The third-order valence-corrected chi connectivity index (χ3v) is 12.5. The molecule has 71 heavy (non-hydrogen) atoms. The van der Waals surface area contributed by atoms with Crippen molar-refractivity contribution in [1.82, 2.24) is 0 Å². The van der Waals surface area contributed by atoms with Crippen molar-refractivity contribution in [3.05, 3.63) is 87.5 Å². The molecule has 402 valence electrons. The number of quaternary nitrogens is 1. The first kappa shape index (κ1) is 61.1. The summed E-state index contributed by atoms with van der Waals surface area (Å²) in [6.07, 6.45) is -19.6. The molecule has 0 saturated heterocycles. The van der Waals surface area contributed by atoms with Crippen LogP contribution in [-0.2, 0) is 37.1 Å². The van der Waals surface area contributed by atoms with Gasteiger partial charge < -0.3 is 18.4 Å². The van der Waals surface area contributed by atoms with Crippen LogP contribution in [0.15, 0.2) is 48.5 Å². The van der Waals surface area contributed by atoms with Gasteiger partial charge >= 0.3 is 44.4 Å². The van der Waals surface area contributed by atoms with Gasteiger partial charge in [0.1, 0.15) is 23.3 Å². The van der Waals surface area contributed by atoms with Crippen molar-refractivity contribution >= 4 is 7.32 Å². The van der Waals surface area contributed by atoms with Gasteiger partial charge in [-0.05, 0) is 75.7 Å². The van der Waals surface area contributed by atoms with E-state index in [9.17, 15) is 65.9 Å². The minimum absolute atomic E-state index is 0.0139. The number of hydrogen-bond donors (Lipinski definition) is 0. The number of halogens is 18. The Kier molecular flexibility index (Phi) is 22.1. The lowest BCUT2D eigenvalue weighted by Gasteiger charge is -2.44. The molecule has 3 rings (SSSR count). The predicted octanol–water partition coefficient (Wildman–Crippen LogP) is 18.5. The zero-order valence-electron chi connectivity index (χ0n) is 39.7. The van der Waals surface area contributed by atoms with Crippen LogP contribution in [0.4, 0.5) is 79.0 Å². The normalized spacial score (nSPS) is 13.7. The van der Waals surface area contributed by atoms with E-state index in [1.54, 1.807) is 20.8 Å². The zero-order chi connectivity index (χ0) is 53.6. The Balaban J connectivity index is 2.23. The van der Waals surface area contributed by atoms with Gasteiger partial charge in [-0.2, -0.15) is 79.0 Å². The Hall–Kier alpha value is -4.18. The summed E-state index contributed by atoms with van der Waals surface area (Å²) in [5, 5.41) is 0. The summed E-state index contributed by atoms with van der Waals surface area (Å²) >= 11 is 0. The molecule has 0 heterocycles. The second kappa shape index (κ2) is 25.7. The summed E-state index contributed by atoms with van der Waals surface area (Å²) in [6, 6.07) is -2.99. The largest absolute Gasteiger partial charge is 0.864 e. The molecule has 0 aromatic heterocycles. The van der Waals surface area contributed by atoms with E-state index in [4.69, 9.17) is 14.0 Å². The van der Waals surface area contributed by atoms with E-state index in [1.807, 2.05) is 0 Å². The van der Waals surface area contributed by atoms with Gasteiger partial charge in [-0.3, -0.25) is 0 Å². The third kappa shape index (κ3) is 18.7. The summed E-state index contributed by atoms with van der Waals surface area (Å²) in [5.74, 6) is -4.58. The van der Waals surface area contributed by atoms with Crippen molar-refractivity contribution in [1.29, 1.82) is 0 Å². The number of benzene rings is 3. The minimum atomic E-state index is -5.64. The van der Waals surface area contributed by atoms with E-state index in [1.165, 1.54) is 25.7 Å². The predicted molar refractivity (Wildman–Crippen MR) is 231 cm³/mol. The lowest BCUT2D eigenvalue weighted by molar-refractivity contribution is -0.953. The molecule has 0 N–H and O–H groups in total. The molecule has 1 unspecified atom stereocenters. The maximum absolute atomic E-state index is 15.3. The Morgan fingerprint density at radius 3 is 0.986 bits per heavy atom. The van der Waals surface area contributed by atoms with Crippen molar-refractivity contribution in [2.24, 2.45) is 0 Å². The third-order valence-electron chi connectivity index (χ3n) is 12.5. The molecule has 0 saturated carbocycles. The average molecular weight is 1050 g/mol. The maximum Gasteiger partial charge on any atom is 0.864 e. The van der Waals surface area contributed by atoms with Gasteiger partial charge in [0.15, 0.2) is 0 Å². The number of alkyl halides is 18. The summed E-state index contributed by atoms with van der Waals surface area (Å²) in [6.45, 7) is 7.01. The summed E-state index contributed by atoms with van der Waals surface area (Å²) in [5.41, 5.74) is -13.3. The van der Waals surface area contributed by atoms with Crippen LogP contribution in [-0.4, -0.2) is 31.4 Å². The van der Waals surface area contributed by atoms with Crippen molar-refractivity contribution in [3.63, 3.8) is 0 Å². The monoisotopic (exact) mass is 1050 g/mol. The molecule has 0 amide bonds. The van der Waals surface area contributed by atoms with E-state index in [2.05, 4.69) is 6.92 Å². The number of unbranched alkanes of at least 4 members (excludes halogenated alkanes) is 14. The SMILES string of the molecule is CCCCCCCCCCCCCCCCCC(c1c(OB(Oc2cc(C(F)(F)F)cc(C(F)(F)F)c2)Oc2cc(C(F)(F)F)cc(C(F)(F)F)c2)cc(C(F)(F)F)cc1C(F)(F)F)[N+](CC)(CC)CC. The maximum atomic E-state index is 15.3. The number of nitrogens with zero attached hydrogens (tertiary/aromatic N) is 1. The summed E-state index contributed by atoms with van der Waals surface area (Å²) in [7, 11) is -3.27. The average Bonchev–Trinajstić information content (AvgIpc) is 3.25. The Labute approximate surface area is 402 Å². The Morgan fingerprint density at radius 1 is 0.380 bits per heavy atom. The highest BCUT2D eigenvalue weighted by Gasteiger charge is 2.48. The Bertz CT molecular complexity index is 1940. The Morgan fingerprint density at radius 2 is 0.690 bits per heavy atom. The molecule has 3 aromatic carbocycles. The van der Waals surface area contributed by atoms with Crippen LogP contribution in [0.3, 0.4) is 0 Å². The lowest BCUT2D eigenvalue weighted by Crippen LogP contribution is -2.51. The first-order valence-corrected chi connectivity index (χ1v) is 23.6. The molecule has 0 aliphatic carbocycles. The van der Waals surface area contributed by atoms with Gasteiger partial charge in [0.25, 0.3) is 0 Å². The smallest absolute Gasteiger partial charge is 0.490 e. The highest BCUT2D eigenvalue weighted by atomic mass is 19.4. The van der Waals surface area contributed by atoms with Gasteiger partial charge in [-0.15, -0.1) is 0 Å². The molecule has 23 heteroatoms. The summed E-state index contributed by atoms with van der Waals surface area (Å²) in [4.78, 5) is 0. The molecule has 3 aromatic rings. The van der Waals surface area contributed by atoms with Gasteiger partial charge in [0.2, 0.25) is 0 Å². The van der Waals surface area contributed by atoms with Crippen LogP contribution in [0.5, 0.6) is 17.2 Å². The second-order valence-corrected chi connectivity index (χ2v) is 17.5. The van der Waals surface area contributed by atoms with Gasteiger partial charge in [0, 0.05) is 6.42 Å². The van der Waals surface area contributed by atoms with Crippen molar-refractivity contribution in [2.45, 2.75) is 174 Å². The van der Waals surface area contributed by atoms with Crippen molar-refractivity contribution in [2.75, 3.05) is 19.6 Å². The highest BCUT2D eigenvalue weighted by Crippen LogP contribution is 2.49. The first-order chi connectivity index (χ1) is 32.8. The summed E-state index contributed by atoms with van der Waals surface area (Å²) < 4.78 is 272. The fourth-order valence-corrected chi connectivity index (χ4v) is 8.59. The molecule has 4 nitrogen and oxygen atoms in total. The van der Waals surface area contributed by atoms with Gasteiger partial charge in [-0.1, -0.05) is 96.8 Å². The second-order valence-electron chi connectivity index (χ2n) is 17.5. The molecular formula is C48H59BF18NO3+. The molecule has 0 aliphatic heterocycles. The molecular weight excluding hydrogens is 991 g/mol. The molecule has 0 bridgehead atoms. The lowest BCUT2D eigenvalue weighted by atomic mass is 9.89. The standard InChI is InChI=1S/C48H59BF18NO3/c1-5-9-10-11-12-13-14-15-16-17-18-19-20-21-22-23-40(68(6-2,7-3)8-4)42-39(48(65,66)67)30-36(47(62,63)64)31-41(42)71-49(69-37-26-32(43(50,51)52)24-33(27-37)44(53,54)55)70-38-28-34(45(56,57)58)25-35(29-38)46(59,60)61/h24-31,40H,5-23H2,1-4H3/q+1.